The minimum absolute atomic E-state index is 0.0140. The molecule has 1 atom stereocenters. The smallest absolute Gasteiger partial charge is 0.238 e. The molecule has 4 heteroatoms. The van der Waals surface area contributed by atoms with E-state index in [1.54, 1.807) is 11.8 Å². The first-order valence-corrected chi connectivity index (χ1v) is 7.80. The third-order valence-corrected chi connectivity index (χ3v) is 4.90. The third kappa shape index (κ3) is 3.12. The zero-order valence-electron chi connectivity index (χ0n) is 12.1. The molecule has 0 saturated carbocycles. The van der Waals surface area contributed by atoms with Crippen LogP contribution in [-0.4, -0.2) is 34.9 Å². The number of hydrogen-bond acceptors (Lipinski definition) is 3. The van der Waals surface area contributed by atoms with Crippen LogP contribution >= 0.6 is 11.8 Å². The topological polar surface area (TPSA) is 32.3 Å². The van der Waals surface area contributed by atoms with Gasteiger partial charge in [0.15, 0.2) is 0 Å². The van der Waals surface area contributed by atoms with Crippen molar-refractivity contribution < 1.29 is 4.79 Å². The van der Waals surface area contributed by atoms with Gasteiger partial charge in [-0.15, -0.1) is 0 Å². The SMILES string of the molecule is CSC(C)(C)CN1C(=O)CNC1c1ccccc1C. The van der Waals surface area contributed by atoms with Crippen molar-refractivity contribution in [2.45, 2.75) is 31.7 Å². The van der Waals surface area contributed by atoms with Crippen molar-refractivity contribution in [2.75, 3.05) is 19.3 Å². The van der Waals surface area contributed by atoms with E-state index in [1.165, 1.54) is 11.1 Å². The number of benzene rings is 1. The molecule has 0 bridgehead atoms. The second-order valence-corrected chi connectivity index (χ2v) is 7.14. The molecule has 0 aromatic heterocycles. The Bertz CT molecular complexity index is 473. The van der Waals surface area contributed by atoms with Gasteiger partial charge in [-0.05, 0) is 38.2 Å². The number of hydrogen-bond donors (Lipinski definition) is 1. The number of thioether (sulfide) groups is 1. The Balaban J connectivity index is 2.25. The molecule has 1 heterocycles. The van der Waals surface area contributed by atoms with E-state index in [-0.39, 0.29) is 16.8 Å². The van der Waals surface area contributed by atoms with Gasteiger partial charge in [-0.3, -0.25) is 10.1 Å². The molecule has 19 heavy (non-hydrogen) atoms. The van der Waals surface area contributed by atoms with Crippen LogP contribution in [0.5, 0.6) is 0 Å². The molecular formula is C15H22N2OS. The van der Waals surface area contributed by atoms with Gasteiger partial charge in [0, 0.05) is 11.3 Å². The summed E-state index contributed by atoms with van der Waals surface area (Å²) in [5.74, 6) is 0.190. The van der Waals surface area contributed by atoms with Gasteiger partial charge < -0.3 is 4.90 Å². The average Bonchev–Trinajstić information content (AvgIpc) is 2.71. The molecule has 1 saturated heterocycles. The van der Waals surface area contributed by atoms with Crippen molar-refractivity contribution in [1.82, 2.24) is 10.2 Å². The van der Waals surface area contributed by atoms with E-state index in [4.69, 9.17) is 0 Å². The van der Waals surface area contributed by atoms with Gasteiger partial charge in [-0.2, -0.15) is 11.8 Å². The molecule has 104 valence electrons. The van der Waals surface area contributed by atoms with E-state index >= 15 is 0 Å². The molecule has 0 spiro atoms. The minimum Gasteiger partial charge on any atom is -0.320 e. The number of carbonyl (C=O) groups excluding carboxylic acids is 1. The first kappa shape index (κ1) is 14.4. The molecule has 1 N–H and O–H groups in total. The molecule has 0 aliphatic carbocycles. The number of aryl methyl sites for hydroxylation is 1. The molecule has 1 aromatic carbocycles. The summed E-state index contributed by atoms with van der Waals surface area (Å²) in [5, 5.41) is 3.33. The lowest BCUT2D eigenvalue weighted by Gasteiger charge is -2.33. The van der Waals surface area contributed by atoms with Crippen LogP contribution in [-0.2, 0) is 4.79 Å². The molecule has 1 fully saturated rings. The van der Waals surface area contributed by atoms with Crippen LogP contribution in [0.4, 0.5) is 0 Å². The summed E-state index contributed by atoms with van der Waals surface area (Å²) in [6.07, 6.45) is 2.11. The summed E-state index contributed by atoms with van der Waals surface area (Å²) in [7, 11) is 0. The summed E-state index contributed by atoms with van der Waals surface area (Å²) < 4.78 is 0.0720. The lowest BCUT2D eigenvalue weighted by Crippen LogP contribution is -2.40. The van der Waals surface area contributed by atoms with Gasteiger partial charge >= 0.3 is 0 Å². The number of nitrogens with zero attached hydrogens (tertiary/aromatic N) is 1. The van der Waals surface area contributed by atoms with Gasteiger partial charge in [-0.1, -0.05) is 24.3 Å². The van der Waals surface area contributed by atoms with Crippen LogP contribution in [0, 0.1) is 6.92 Å². The lowest BCUT2D eigenvalue weighted by molar-refractivity contribution is -0.128. The maximum absolute atomic E-state index is 12.1. The average molecular weight is 278 g/mol. The van der Waals surface area contributed by atoms with Crippen molar-refractivity contribution in [2.24, 2.45) is 0 Å². The van der Waals surface area contributed by atoms with E-state index in [0.29, 0.717) is 6.54 Å². The quantitative estimate of drug-likeness (QED) is 0.918. The van der Waals surface area contributed by atoms with Crippen molar-refractivity contribution in [3.63, 3.8) is 0 Å². The van der Waals surface area contributed by atoms with E-state index in [1.807, 2.05) is 17.0 Å². The van der Waals surface area contributed by atoms with E-state index in [0.717, 1.165) is 6.54 Å². The van der Waals surface area contributed by atoms with Crippen molar-refractivity contribution >= 4 is 17.7 Å². The maximum Gasteiger partial charge on any atom is 0.238 e. The molecule has 3 nitrogen and oxygen atoms in total. The predicted molar refractivity (Wildman–Crippen MR) is 81.2 cm³/mol. The van der Waals surface area contributed by atoms with Gasteiger partial charge in [0.25, 0.3) is 0 Å². The summed E-state index contributed by atoms with van der Waals surface area (Å²) in [6, 6.07) is 8.26. The Labute approximate surface area is 119 Å². The number of rotatable bonds is 4. The summed E-state index contributed by atoms with van der Waals surface area (Å²) in [4.78, 5) is 14.1. The third-order valence-electron chi connectivity index (χ3n) is 3.67. The highest BCUT2D eigenvalue weighted by molar-refractivity contribution is 7.99. The van der Waals surface area contributed by atoms with Gasteiger partial charge in [0.2, 0.25) is 5.91 Å². The van der Waals surface area contributed by atoms with Crippen molar-refractivity contribution in [1.29, 1.82) is 0 Å². The zero-order valence-corrected chi connectivity index (χ0v) is 12.9. The summed E-state index contributed by atoms with van der Waals surface area (Å²) in [5.41, 5.74) is 2.42. The Morgan fingerprint density at radius 2 is 2.11 bits per heavy atom. The molecule has 2 rings (SSSR count). The van der Waals surface area contributed by atoms with Crippen LogP contribution in [0.1, 0.15) is 31.1 Å². The predicted octanol–water partition coefficient (Wildman–Crippen LogP) is 2.57. The highest BCUT2D eigenvalue weighted by atomic mass is 32.2. The second-order valence-electron chi connectivity index (χ2n) is 5.63. The minimum atomic E-state index is 0.0140. The van der Waals surface area contributed by atoms with E-state index < -0.39 is 0 Å². The Hall–Kier alpha value is -1.00. The zero-order chi connectivity index (χ0) is 14.0. The number of amides is 1. The summed E-state index contributed by atoms with van der Waals surface area (Å²) in [6.45, 7) is 7.65. The van der Waals surface area contributed by atoms with Crippen LogP contribution < -0.4 is 5.32 Å². The van der Waals surface area contributed by atoms with Crippen LogP contribution in [0.25, 0.3) is 0 Å². The Morgan fingerprint density at radius 1 is 1.42 bits per heavy atom. The fraction of sp³-hybridized carbons (Fsp3) is 0.533. The Morgan fingerprint density at radius 3 is 2.74 bits per heavy atom. The van der Waals surface area contributed by atoms with Crippen molar-refractivity contribution in [3.8, 4) is 0 Å². The van der Waals surface area contributed by atoms with Crippen molar-refractivity contribution in [3.05, 3.63) is 35.4 Å². The molecule has 1 amide bonds. The van der Waals surface area contributed by atoms with Crippen LogP contribution in [0.2, 0.25) is 0 Å². The number of carbonyl (C=O) groups is 1. The molecule has 1 unspecified atom stereocenters. The van der Waals surface area contributed by atoms with Gasteiger partial charge in [0.05, 0.1) is 6.54 Å². The second kappa shape index (κ2) is 5.55. The molecule has 1 aliphatic rings. The van der Waals surface area contributed by atoms with Gasteiger partial charge in [-0.25, -0.2) is 0 Å². The standard InChI is InChI=1S/C15H22N2OS/c1-11-7-5-6-8-12(11)14-16-9-13(18)17(14)10-15(2,3)19-4/h5-8,14,16H,9-10H2,1-4H3. The van der Waals surface area contributed by atoms with Gasteiger partial charge in [0.1, 0.15) is 6.17 Å². The van der Waals surface area contributed by atoms with E-state index in [2.05, 4.69) is 44.5 Å². The fourth-order valence-corrected chi connectivity index (χ4v) is 2.63. The Kier molecular flexibility index (Phi) is 4.21. The maximum atomic E-state index is 12.1. The first-order valence-electron chi connectivity index (χ1n) is 6.58. The number of nitrogens with one attached hydrogen (secondary N) is 1. The largest absolute Gasteiger partial charge is 0.320 e. The normalized spacial score (nSPS) is 20.1. The lowest BCUT2D eigenvalue weighted by atomic mass is 10.1. The fourth-order valence-electron chi connectivity index (χ4n) is 2.37. The highest BCUT2D eigenvalue weighted by Crippen LogP contribution is 2.30. The molecule has 1 aliphatic heterocycles. The molecule has 0 radical (unpaired) electrons. The summed E-state index contributed by atoms with van der Waals surface area (Å²) >= 11 is 1.80. The van der Waals surface area contributed by atoms with E-state index in [9.17, 15) is 4.79 Å². The molecular weight excluding hydrogens is 256 g/mol. The highest BCUT2D eigenvalue weighted by Gasteiger charge is 2.35. The monoisotopic (exact) mass is 278 g/mol. The molecule has 1 aromatic rings. The van der Waals surface area contributed by atoms with Crippen LogP contribution in [0.15, 0.2) is 24.3 Å². The first-order chi connectivity index (χ1) is 8.94. The van der Waals surface area contributed by atoms with Crippen LogP contribution in [0.3, 0.4) is 0 Å².